The number of ether oxygens (including phenoxy) is 1. The second-order valence-corrected chi connectivity index (χ2v) is 4.04. The molecule has 1 heterocycles. The number of aromatic nitrogens is 1. The van der Waals surface area contributed by atoms with Gasteiger partial charge in [-0.15, -0.1) is 0 Å². The van der Waals surface area contributed by atoms with Crippen molar-refractivity contribution < 1.29 is 9.53 Å². The van der Waals surface area contributed by atoms with E-state index in [1.807, 2.05) is 42.5 Å². The maximum atomic E-state index is 11.2. The molecule has 1 aromatic carbocycles. The molecule has 1 unspecified atom stereocenters. The summed E-state index contributed by atoms with van der Waals surface area (Å²) in [6.07, 6.45) is 3.33. The monoisotopic (exact) mass is 241 g/mol. The molecule has 3 heteroatoms. The van der Waals surface area contributed by atoms with Crippen LogP contribution in [-0.4, -0.2) is 18.4 Å². The third-order valence-corrected chi connectivity index (χ3v) is 2.86. The molecular formula is C15H15NO2. The van der Waals surface area contributed by atoms with Gasteiger partial charge in [0.05, 0.1) is 7.11 Å². The number of hydrogen-bond acceptors (Lipinski definition) is 3. The van der Waals surface area contributed by atoms with Gasteiger partial charge in [0, 0.05) is 24.2 Å². The van der Waals surface area contributed by atoms with Gasteiger partial charge in [-0.2, -0.15) is 0 Å². The van der Waals surface area contributed by atoms with E-state index in [1.54, 1.807) is 13.3 Å². The van der Waals surface area contributed by atoms with Gasteiger partial charge in [-0.25, -0.2) is 0 Å². The second kappa shape index (κ2) is 5.96. The maximum Gasteiger partial charge on any atom is 0.127 e. The van der Waals surface area contributed by atoms with Crippen molar-refractivity contribution in [1.29, 1.82) is 0 Å². The molecule has 2 rings (SSSR count). The lowest BCUT2D eigenvalue weighted by Gasteiger charge is -2.10. The Bertz CT molecular complexity index is 494. The number of rotatable bonds is 5. The quantitative estimate of drug-likeness (QED) is 0.755. The van der Waals surface area contributed by atoms with E-state index in [0.29, 0.717) is 6.42 Å². The fourth-order valence-corrected chi connectivity index (χ4v) is 1.84. The lowest BCUT2D eigenvalue weighted by atomic mass is 9.95. The Labute approximate surface area is 106 Å². The van der Waals surface area contributed by atoms with Crippen LogP contribution in [0.1, 0.15) is 17.2 Å². The van der Waals surface area contributed by atoms with Crippen molar-refractivity contribution >= 4 is 6.29 Å². The van der Waals surface area contributed by atoms with Crippen LogP contribution in [0.5, 0.6) is 5.75 Å². The summed E-state index contributed by atoms with van der Waals surface area (Å²) in [4.78, 5) is 15.4. The first-order valence-corrected chi connectivity index (χ1v) is 5.82. The molecule has 1 aromatic heterocycles. The fraction of sp³-hybridized carbons (Fsp3) is 0.200. The molecule has 0 aliphatic heterocycles. The number of carbonyl (C=O) groups excluding carboxylic acids is 1. The van der Waals surface area contributed by atoms with Gasteiger partial charge in [-0.05, 0) is 29.8 Å². The van der Waals surface area contributed by atoms with Gasteiger partial charge in [0.2, 0.25) is 0 Å². The molecule has 0 radical (unpaired) electrons. The van der Waals surface area contributed by atoms with Crippen LogP contribution in [0.25, 0.3) is 0 Å². The highest BCUT2D eigenvalue weighted by molar-refractivity contribution is 5.63. The van der Waals surface area contributed by atoms with E-state index in [4.69, 9.17) is 4.74 Å². The first kappa shape index (κ1) is 12.3. The topological polar surface area (TPSA) is 39.2 Å². The lowest BCUT2D eigenvalue weighted by molar-refractivity contribution is -0.109. The van der Waals surface area contributed by atoms with Gasteiger partial charge in [0.15, 0.2) is 0 Å². The van der Waals surface area contributed by atoms with Crippen molar-refractivity contribution in [1.82, 2.24) is 4.98 Å². The Hall–Kier alpha value is -2.16. The molecule has 0 aliphatic carbocycles. The Morgan fingerprint density at radius 2 is 2.00 bits per heavy atom. The van der Waals surface area contributed by atoms with Crippen LogP contribution in [0.4, 0.5) is 0 Å². The number of benzene rings is 1. The van der Waals surface area contributed by atoms with Crippen LogP contribution in [0.15, 0.2) is 48.7 Å². The predicted molar refractivity (Wildman–Crippen MR) is 69.7 cm³/mol. The van der Waals surface area contributed by atoms with Crippen molar-refractivity contribution in [3.05, 3.63) is 59.9 Å². The number of pyridine rings is 1. The van der Waals surface area contributed by atoms with Gasteiger partial charge in [0.25, 0.3) is 0 Å². The summed E-state index contributed by atoms with van der Waals surface area (Å²) in [6.45, 7) is 0. The normalized spacial score (nSPS) is 11.8. The third kappa shape index (κ3) is 2.94. The number of hydrogen-bond donors (Lipinski definition) is 0. The molecule has 0 fully saturated rings. The Kier molecular flexibility index (Phi) is 4.07. The molecule has 0 bridgehead atoms. The van der Waals surface area contributed by atoms with Crippen molar-refractivity contribution in [3.63, 3.8) is 0 Å². The van der Waals surface area contributed by atoms with Crippen LogP contribution >= 0.6 is 0 Å². The number of carbonyl (C=O) groups is 1. The van der Waals surface area contributed by atoms with E-state index < -0.39 is 0 Å². The highest BCUT2D eigenvalue weighted by Gasteiger charge is 2.11. The predicted octanol–water partition coefficient (Wildman–Crippen LogP) is 2.62. The summed E-state index contributed by atoms with van der Waals surface area (Å²) in [5.41, 5.74) is 1.90. The minimum atomic E-state index is -0.161. The Balaban J connectivity index is 2.15. The standard InChI is InChI=1S/C15H15NO2/c1-18-15-7-5-12(6-8-15)13(11-17)10-14-4-2-3-9-16-14/h2-9,11,13H,10H2,1H3. The van der Waals surface area contributed by atoms with Crippen LogP contribution in [-0.2, 0) is 11.2 Å². The van der Waals surface area contributed by atoms with Crippen molar-refractivity contribution in [3.8, 4) is 5.75 Å². The average Bonchev–Trinajstić information content (AvgIpc) is 2.46. The summed E-state index contributed by atoms with van der Waals surface area (Å²) in [6, 6.07) is 13.3. The summed E-state index contributed by atoms with van der Waals surface area (Å²) >= 11 is 0. The van der Waals surface area contributed by atoms with Gasteiger partial charge >= 0.3 is 0 Å². The molecule has 0 amide bonds. The summed E-state index contributed by atoms with van der Waals surface area (Å²) in [5, 5.41) is 0. The molecule has 0 saturated carbocycles. The summed E-state index contributed by atoms with van der Waals surface area (Å²) in [5.74, 6) is 0.632. The largest absolute Gasteiger partial charge is 0.497 e. The van der Waals surface area contributed by atoms with E-state index in [-0.39, 0.29) is 5.92 Å². The Morgan fingerprint density at radius 3 is 2.56 bits per heavy atom. The Morgan fingerprint density at radius 1 is 1.22 bits per heavy atom. The van der Waals surface area contributed by atoms with Crippen LogP contribution in [0, 0.1) is 0 Å². The first-order chi connectivity index (χ1) is 8.83. The summed E-state index contributed by atoms with van der Waals surface area (Å²) < 4.78 is 5.10. The number of nitrogens with zero attached hydrogens (tertiary/aromatic N) is 1. The highest BCUT2D eigenvalue weighted by Crippen LogP contribution is 2.20. The molecule has 0 aliphatic rings. The lowest BCUT2D eigenvalue weighted by Crippen LogP contribution is -2.05. The zero-order valence-electron chi connectivity index (χ0n) is 10.2. The van der Waals surface area contributed by atoms with Crippen molar-refractivity contribution in [2.24, 2.45) is 0 Å². The van der Waals surface area contributed by atoms with Gasteiger partial charge in [-0.3, -0.25) is 4.98 Å². The molecular weight excluding hydrogens is 226 g/mol. The van der Waals surface area contributed by atoms with E-state index >= 15 is 0 Å². The minimum Gasteiger partial charge on any atom is -0.497 e. The average molecular weight is 241 g/mol. The molecule has 3 nitrogen and oxygen atoms in total. The van der Waals surface area contributed by atoms with Crippen LogP contribution < -0.4 is 4.74 Å². The molecule has 0 N–H and O–H groups in total. The van der Waals surface area contributed by atoms with Gasteiger partial charge < -0.3 is 9.53 Å². The number of methoxy groups -OCH3 is 1. The molecule has 0 spiro atoms. The highest BCUT2D eigenvalue weighted by atomic mass is 16.5. The van der Waals surface area contributed by atoms with E-state index in [9.17, 15) is 4.79 Å². The smallest absolute Gasteiger partial charge is 0.127 e. The minimum absolute atomic E-state index is 0.161. The first-order valence-electron chi connectivity index (χ1n) is 5.82. The van der Waals surface area contributed by atoms with E-state index in [2.05, 4.69) is 4.98 Å². The molecule has 1 atom stereocenters. The third-order valence-electron chi connectivity index (χ3n) is 2.86. The SMILES string of the molecule is COc1ccc(C(C=O)Cc2ccccn2)cc1. The zero-order chi connectivity index (χ0) is 12.8. The van der Waals surface area contributed by atoms with Crippen LogP contribution in [0.2, 0.25) is 0 Å². The molecule has 92 valence electrons. The van der Waals surface area contributed by atoms with E-state index in [1.165, 1.54) is 0 Å². The van der Waals surface area contributed by atoms with Crippen molar-refractivity contribution in [2.45, 2.75) is 12.3 Å². The maximum absolute atomic E-state index is 11.2. The second-order valence-electron chi connectivity index (χ2n) is 4.04. The molecule has 0 saturated heterocycles. The van der Waals surface area contributed by atoms with Crippen LogP contribution in [0.3, 0.4) is 0 Å². The zero-order valence-corrected chi connectivity index (χ0v) is 10.2. The molecule has 2 aromatic rings. The van der Waals surface area contributed by atoms with E-state index in [0.717, 1.165) is 23.3 Å². The fourth-order valence-electron chi connectivity index (χ4n) is 1.84. The van der Waals surface area contributed by atoms with Crippen molar-refractivity contribution in [2.75, 3.05) is 7.11 Å². The van der Waals surface area contributed by atoms with Gasteiger partial charge in [0.1, 0.15) is 12.0 Å². The number of aldehydes is 1. The summed E-state index contributed by atoms with van der Waals surface area (Å²) in [7, 11) is 1.63. The molecule has 18 heavy (non-hydrogen) atoms. The van der Waals surface area contributed by atoms with Gasteiger partial charge in [-0.1, -0.05) is 18.2 Å².